The van der Waals surface area contributed by atoms with Crippen molar-refractivity contribution in [3.05, 3.63) is 23.9 Å². The zero-order valence-electron chi connectivity index (χ0n) is 13.1. The summed E-state index contributed by atoms with van der Waals surface area (Å²) in [6, 6.07) is 3.63. The van der Waals surface area contributed by atoms with E-state index in [2.05, 4.69) is 34.5 Å². The van der Waals surface area contributed by atoms with Crippen LogP contribution in [0.1, 0.15) is 36.5 Å². The Morgan fingerprint density at radius 3 is 3.14 bits per heavy atom. The molecule has 5 nitrogen and oxygen atoms in total. The van der Waals surface area contributed by atoms with E-state index in [9.17, 15) is 4.79 Å². The average Bonchev–Trinajstić information content (AvgIpc) is 2.51. The van der Waals surface area contributed by atoms with Gasteiger partial charge in [0.1, 0.15) is 5.82 Å². The van der Waals surface area contributed by atoms with Crippen molar-refractivity contribution in [1.82, 2.24) is 15.2 Å². The van der Waals surface area contributed by atoms with Gasteiger partial charge in [0, 0.05) is 25.8 Å². The molecule has 0 aliphatic carbocycles. The van der Waals surface area contributed by atoms with E-state index in [1.54, 1.807) is 12.3 Å². The summed E-state index contributed by atoms with van der Waals surface area (Å²) in [7, 11) is 2.14. The van der Waals surface area contributed by atoms with Gasteiger partial charge in [0.2, 0.25) is 0 Å². The van der Waals surface area contributed by atoms with E-state index in [0.29, 0.717) is 17.3 Å². The van der Waals surface area contributed by atoms with Crippen LogP contribution in [0.15, 0.2) is 18.3 Å². The summed E-state index contributed by atoms with van der Waals surface area (Å²) in [6.45, 7) is 5.89. The number of rotatable bonds is 6. The lowest BCUT2D eigenvalue weighted by molar-refractivity contribution is 0.0937. The lowest BCUT2D eigenvalue weighted by Crippen LogP contribution is -2.39. The number of likely N-dealkylation sites (tertiary alicyclic amines) is 1. The van der Waals surface area contributed by atoms with Crippen LogP contribution >= 0.6 is 0 Å². The fourth-order valence-electron chi connectivity index (χ4n) is 2.74. The maximum atomic E-state index is 12.3. The molecule has 2 heterocycles. The number of carbonyl (C=O) groups is 1. The van der Waals surface area contributed by atoms with Gasteiger partial charge in [-0.3, -0.25) is 4.79 Å². The Balaban J connectivity index is 1.90. The predicted molar refractivity (Wildman–Crippen MR) is 85.6 cm³/mol. The van der Waals surface area contributed by atoms with Crippen molar-refractivity contribution in [1.29, 1.82) is 0 Å². The summed E-state index contributed by atoms with van der Waals surface area (Å²) in [5, 5.41) is 6.27. The van der Waals surface area contributed by atoms with Gasteiger partial charge in [0.25, 0.3) is 5.91 Å². The minimum Gasteiger partial charge on any atom is -0.369 e. The van der Waals surface area contributed by atoms with E-state index in [4.69, 9.17) is 0 Å². The van der Waals surface area contributed by atoms with Crippen LogP contribution in [0.25, 0.3) is 0 Å². The molecule has 1 fully saturated rings. The van der Waals surface area contributed by atoms with Crippen molar-refractivity contribution in [2.45, 2.75) is 26.2 Å². The minimum atomic E-state index is -0.0325. The number of carbonyl (C=O) groups excluding carboxylic acids is 1. The van der Waals surface area contributed by atoms with Crippen molar-refractivity contribution < 1.29 is 4.79 Å². The monoisotopic (exact) mass is 290 g/mol. The van der Waals surface area contributed by atoms with E-state index in [1.165, 1.54) is 12.8 Å². The molecule has 2 rings (SSSR count). The molecule has 0 bridgehead atoms. The fourth-order valence-corrected chi connectivity index (χ4v) is 2.74. The van der Waals surface area contributed by atoms with Gasteiger partial charge in [-0.2, -0.15) is 0 Å². The Morgan fingerprint density at radius 2 is 2.38 bits per heavy atom. The summed E-state index contributed by atoms with van der Waals surface area (Å²) < 4.78 is 0. The number of amides is 1. The van der Waals surface area contributed by atoms with Crippen LogP contribution in [0, 0.1) is 5.92 Å². The fraction of sp³-hybridized carbons (Fsp3) is 0.625. The van der Waals surface area contributed by atoms with Gasteiger partial charge in [0.05, 0.1) is 5.56 Å². The third kappa shape index (κ3) is 4.70. The van der Waals surface area contributed by atoms with Crippen LogP contribution in [-0.2, 0) is 0 Å². The molecule has 0 saturated carbocycles. The number of pyridine rings is 1. The molecule has 1 aliphatic rings. The van der Waals surface area contributed by atoms with Gasteiger partial charge in [-0.05, 0) is 50.9 Å². The number of hydrogen-bond donors (Lipinski definition) is 2. The third-order valence-electron chi connectivity index (χ3n) is 3.87. The predicted octanol–water partition coefficient (Wildman–Crippen LogP) is 1.98. The number of nitrogens with zero attached hydrogens (tertiary/aromatic N) is 2. The van der Waals surface area contributed by atoms with E-state index in [1.807, 2.05) is 6.07 Å². The Bertz CT molecular complexity index is 463. The molecule has 1 atom stereocenters. The van der Waals surface area contributed by atoms with Crippen LogP contribution in [0.5, 0.6) is 0 Å². The van der Waals surface area contributed by atoms with Crippen LogP contribution in [0.2, 0.25) is 0 Å². The molecule has 21 heavy (non-hydrogen) atoms. The van der Waals surface area contributed by atoms with Crippen LogP contribution in [0.4, 0.5) is 5.82 Å². The normalized spacial score (nSPS) is 19.2. The number of nitrogens with one attached hydrogen (secondary N) is 2. The molecule has 2 N–H and O–H groups in total. The molecule has 0 radical (unpaired) electrons. The molecular weight excluding hydrogens is 264 g/mol. The van der Waals surface area contributed by atoms with Crippen LogP contribution in [-0.4, -0.2) is 49.0 Å². The number of piperidine rings is 1. The zero-order valence-corrected chi connectivity index (χ0v) is 13.1. The molecule has 5 heteroatoms. The smallest absolute Gasteiger partial charge is 0.255 e. The molecule has 0 aromatic carbocycles. The zero-order chi connectivity index (χ0) is 15.1. The first-order valence-corrected chi connectivity index (χ1v) is 7.86. The van der Waals surface area contributed by atoms with Crippen molar-refractivity contribution >= 4 is 11.7 Å². The quantitative estimate of drug-likeness (QED) is 0.841. The maximum Gasteiger partial charge on any atom is 0.255 e. The molecule has 1 aromatic rings. The molecule has 1 saturated heterocycles. The Morgan fingerprint density at radius 1 is 1.52 bits per heavy atom. The Kier molecular flexibility index (Phi) is 5.99. The second kappa shape index (κ2) is 7.98. The van der Waals surface area contributed by atoms with Gasteiger partial charge in [-0.1, -0.05) is 6.92 Å². The summed E-state index contributed by atoms with van der Waals surface area (Å²) in [5.74, 6) is 1.20. The van der Waals surface area contributed by atoms with Crippen LogP contribution < -0.4 is 10.6 Å². The molecule has 1 aromatic heterocycles. The van der Waals surface area contributed by atoms with Crippen molar-refractivity contribution in [2.75, 3.05) is 38.5 Å². The van der Waals surface area contributed by atoms with Gasteiger partial charge in [-0.15, -0.1) is 0 Å². The van der Waals surface area contributed by atoms with Gasteiger partial charge in [0.15, 0.2) is 0 Å². The molecule has 1 amide bonds. The highest BCUT2D eigenvalue weighted by molar-refractivity contribution is 5.98. The molecule has 1 unspecified atom stereocenters. The van der Waals surface area contributed by atoms with E-state index >= 15 is 0 Å². The lowest BCUT2D eigenvalue weighted by Gasteiger charge is -2.29. The van der Waals surface area contributed by atoms with Crippen molar-refractivity contribution in [3.8, 4) is 0 Å². The maximum absolute atomic E-state index is 12.3. The number of hydrogen-bond acceptors (Lipinski definition) is 4. The van der Waals surface area contributed by atoms with E-state index < -0.39 is 0 Å². The molecule has 0 spiro atoms. The molecule has 116 valence electrons. The summed E-state index contributed by atoms with van der Waals surface area (Å²) in [6.07, 6.45) is 5.13. The van der Waals surface area contributed by atoms with E-state index in [0.717, 1.165) is 32.6 Å². The lowest BCUT2D eigenvalue weighted by atomic mass is 9.98. The summed E-state index contributed by atoms with van der Waals surface area (Å²) in [4.78, 5) is 18.9. The topological polar surface area (TPSA) is 57.3 Å². The SMILES string of the molecule is CCCNc1ncccc1C(=O)NCC1CCCN(C)C1. The highest BCUT2D eigenvalue weighted by Gasteiger charge is 2.19. The van der Waals surface area contributed by atoms with Crippen LogP contribution in [0.3, 0.4) is 0 Å². The highest BCUT2D eigenvalue weighted by atomic mass is 16.1. The first kappa shape index (κ1) is 15.8. The largest absolute Gasteiger partial charge is 0.369 e. The third-order valence-corrected chi connectivity index (χ3v) is 3.87. The first-order chi connectivity index (χ1) is 10.2. The first-order valence-electron chi connectivity index (χ1n) is 7.86. The second-order valence-corrected chi connectivity index (χ2v) is 5.81. The molecular formula is C16H26N4O. The van der Waals surface area contributed by atoms with Crippen molar-refractivity contribution in [3.63, 3.8) is 0 Å². The highest BCUT2D eigenvalue weighted by Crippen LogP contribution is 2.15. The van der Waals surface area contributed by atoms with Crippen molar-refractivity contribution in [2.24, 2.45) is 5.92 Å². The standard InChI is InChI=1S/C16H26N4O/c1-3-8-17-15-14(7-4-9-18-15)16(21)19-11-13-6-5-10-20(2)12-13/h4,7,9,13H,3,5-6,8,10-12H2,1-2H3,(H,17,18)(H,19,21). The average molecular weight is 290 g/mol. The second-order valence-electron chi connectivity index (χ2n) is 5.81. The summed E-state index contributed by atoms with van der Waals surface area (Å²) in [5.41, 5.74) is 0.634. The molecule has 1 aliphatic heterocycles. The number of aromatic nitrogens is 1. The number of anilines is 1. The summed E-state index contributed by atoms with van der Waals surface area (Å²) >= 11 is 0. The van der Waals surface area contributed by atoms with Gasteiger partial charge >= 0.3 is 0 Å². The van der Waals surface area contributed by atoms with Gasteiger partial charge in [-0.25, -0.2) is 4.98 Å². The van der Waals surface area contributed by atoms with E-state index in [-0.39, 0.29) is 5.91 Å². The Hall–Kier alpha value is -1.62. The Labute approximate surface area is 127 Å². The minimum absolute atomic E-state index is 0.0325. The van der Waals surface area contributed by atoms with Gasteiger partial charge < -0.3 is 15.5 Å².